The van der Waals surface area contributed by atoms with Crippen LogP contribution in [0.15, 0.2) is 79.4 Å². The number of nitrogens with zero attached hydrogens (tertiary/aromatic N) is 5. The molecule has 0 aliphatic carbocycles. The minimum absolute atomic E-state index is 0.0538. The monoisotopic (exact) mass is 851 g/mol. The molecular formula is C46H50ClN5O9. The predicted octanol–water partition coefficient (Wildman–Crippen LogP) is 6.54. The molecule has 4 aliphatic heterocycles. The summed E-state index contributed by atoms with van der Waals surface area (Å²) in [6.07, 6.45) is 1.00. The second-order valence-electron chi connectivity index (χ2n) is 15.9. The summed E-state index contributed by atoms with van der Waals surface area (Å²) in [6.45, 7) is 7.07. The number of benzene rings is 4. The number of aliphatic hydroxyl groups is 1. The Bertz CT molecular complexity index is 2350. The zero-order valence-electron chi connectivity index (χ0n) is 34.4. The van der Waals surface area contributed by atoms with Gasteiger partial charge in [-0.25, -0.2) is 14.5 Å². The number of amides is 4. The van der Waals surface area contributed by atoms with Crippen LogP contribution >= 0.6 is 11.6 Å². The van der Waals surface area contributed by atoms with E-state index in [0.717, 1.165) is 58.3 Å². The summed E-state index contributed by atoms with van der Waals surface area (Å²) in [7, 11) is 3.49. The van der Waals surface area contributed by atoms with Crippen LogP contribution in [0.4, 0.5) is 21.0 Å². The second-order valence-corrected chi connectivity index (χ2v) is 16.2. The standard InChI is InChI=1S/C46H50ClN5O9/c1-4-20-59-46(57)52-36-24-40(39(58-3)23-34(36)43(54)50-15-8-7-14-35(50)44(52)55)60-28-30-11-9-10-29(21-30)22-41(53)51-27-31(26-47)42-33-13-6-5-12-32(33)38(25-37(42)51)61-45(56)49-18-16-48(2)17-19-49/h4-6,9-13,21,23-25,31,35,44,55H,1,7-8,14-20,22,26-28H2,2-3H3/t31-,35+,44?/m1/s1. The number of piperidine rings is 1. The van der Waals surface area contributed by atoms with E-state index in [2.05, 4.69) is 11.5 Å². The van der Waals surface area contributed by atoms with Crippen molar-refractivity contribution >= 4 is 57.7 Å². The highest BCUT2D eigenvalue weighted by Gasteiger charge is 2.44. The number of methoxy groups -OCH3 is 1. The van der Waals surface area contributed by atoms with E-state index in [9.17, 15) is 24.3 Å². The number of fused-ring (bicyclic) bond motifs is 5. The molecule has 61 heavy (non-hydrogen) atoms. The quantitative estimate of drug-likeness (QED) is 0.138. The van der Waals surface area contributed by atoms with Crippen molar-refractivity contribution in [3.05, 3.63) is 102 Å². The van der Waals surface area contributed by atoms with Gasteiger partial charge in [0.05, 0.1) is 36.5 Å². The van der Waals surface area contributed by atoms with Gasteiger partial charge in [-0.2, -0.15) is 0 Å². The Morgan fingerprint density at radius 1 is 0.885 bits per heavy atom. The summed E-state index contributed by atoms with van der Waals surface area (Å²) in [5, 5.41) is 13.3. The van der Waals surface area contributed by atoms with Crippen molar-refractivity contribution in [3.63, 3.8) is 0 Å². The lowest BCUT2D eigenvalue weighted by atomic mass is 9.95. The van der Waals surface area contributed by atoms with Crippen LogP contribution in [0.5, 0.6) is 17.2 Å². The fraction of sp³-hybridized carbons (Fsp3) is 0.391. The van der Waals surface area contributed by atoms with Crippen molar-refractivity contribution in [3.8, 4) is 17.2 Å². The minimum atomic E-state index is -1.36. The molecule has 320 valence electrons. The van der Waals surface area contributed by atoms with Gasteiger partial charge in [0.25, 0.3) is 5.91 Å². The average Bonchev–Trinajstić information content (AvgIpc) is 3.63. The number of hydrogen-bond acceptors (Lipinski definition) is 10. The van der Waals surface area contributed by atoms with Crippen LogP contribution in [0.25, 0.3) is 10.8 Å². The van der Waals surface area contributed by atoms with E-state index in [1.807, 2.05) is 55.6 Å². The summed E-state index contributed by atoms with van der Waals surface area (Å²) in [4.78, 5) is 63.3. The molecule has 0 bridgehead atoms. The van der Waals surface area contributed by atoms with Gasteiger partial charge in [0.15, 0.2) is 17.7 Å². The maximum atomic E-state index is 14.2. The van der Waals surface area contributed by atoms with Crippen LogP contribution in [-0.2, 0) is 22.6 Å². The Kier molecular flexibility index (Phi) is 12.4. The molecule has 4 aromatic rings. The van der Waals surface area contributed by atoms with Gasteiger partial charge in [-0.3, -0.25) is 9.59 Å². The van der Waals surface area contributed by atoms with Crippen molar-refractivity contribution in [2.45, 2.75) is 50.5 Å². The minimum Gasteiger partial charge on any atom is -0.493 e. The van der Waals surface area contributed by atoms with Gasteiger partial charge in [0.1, 0.15) is 19.0 Å². The van der Waals surface area contributed by atoms with Crippen molar-refractivity contribution < 1.29 is 43.2 Å². The highest BCUT2D eigenvalue weighted by molar-refractivity contribution is 6.19. The Hall–Kier alpha value is -5.83. The third kappa shape index (κ3) is 8.31. The van der Waals surface area contributed by atoms with Gasteiger partial charge >= 0.3 is 12.2 Å². The zero-order valence-corrected chi connectivity index (χ0v) is 35.1. The number of anilines is 2. The highest BCUT2D eigenvalue weighted by atomic mass is 35.5. The van der Waals surface area contributed by atoms with E-state index >= 15 is 0 Å². The van der Waals surface area contributed by atoms with Gasteiger partial charge in [0.2, 0.25) is 5.91 Å². The zero-order chi connectivity index (χ0) is 42.8. The molecule has 2 saturated heterocycles. The lowest BCUT2D eigenvalue weighted by Crippen LogP contribution is -2.55. The normalized spacial score (nSPS) is 20.1. The molecule has 4 aliphatic rings. The molecule has 0 saturated carbocycles. The highest BCUT2D eigenvalue weighted by Crippen LogP contribution is 2.46. The van der Waals surface area contributed by atoms with Crippen molar-refractivity contribution in [2.75, 3.05) is 75.7 Å². The number of carbonyl (C=O) groups is 4. The molecular weight excluding hydrogens is 802 g/mol. The lowest BCUT2D eigenvalue weighted by molar-refractivity contribution is -0.117. The molecule has 4 heterocycles. The molecule has 0 spiro atoms. The van der Waals surface area contributed by atoms with Gasteiger partial charge in [-0.1, -0.05) is 61.2 Å². The van der Waals surface area contributed by atoms with E-state index in [-0.39, 0.29) is 60.1 Å². The topological polar surface area (TPSA) is 142 Å². The summed E-state index contributed by atoms with van der Waals surface area (Å²) >= 11 is 6.55. The maximum Gasteiger partial charge on any atom is 0.416 e. The molecule has 0 aromatic heterocycles. The first kappa shape index (κ1) is 41.9. The van der Waals surface area contributed by atoms with Crippen LogP contribution in [0, 0.1) is 0 Å². The van der Waals surface area contributed by atoms with Crippen LogP contribution in [0.2, 0.25) is 0 Å². The molecule has 2 fully saturated rings. The van der Waals surface area contributed by atoms with Crippen molar-refractivity contribution in [2.24, 2.45) is 0 Å². The number of carbonyl (C=O) groups excluding carboxylic acids is 4. The van der Waals surface area contributed by atoms with Crippen LogP contribution < -0.4 is 24.0 Å². The number of halogens is 1. The molecule has 3 atom stereocenters. The summed E-state index contributed by atoms with van der Waals surface area (Å²) in [5.41, 5.74) is 3.45. The molecule has 14 nitrogen and oxygen atoms in total. The molecule has 1 N–H and O–H groups in total. The van der Waals surface area contributed by atoms with Crippen molar-refractivity contribution in [1.82, 2.24) is 14.7 Å². The van der Waals surface area contributed by atoms with E-state index in [4.69, 9.17) is 30.5 Å². The van der Waals surface area contributed by atoms with E-state index in [0.29, 0.717) is 49.9 Å². The summed E-state index contributed by atoms with van der Waals surface area (Å²) in [5.74, 6) is 0.612. The first-order valence-corrected chi connectivity index (χ1v) is 21.2. The number of rotatable bonds is 10. The lowest BCUT2D eigenvalue weighted by Gasteiger charge is -2.38. The van der Waals surface area contributed by atoms with Crippen LogP contribution in [0.1, 0.15) is 52.2 Å². The van der Waals surface area contributed by atoms with Gasteiger partial charge in [0, 0.05) is 68.6 Å². The Labute approximate surface area is 359 Å². The molecule has 4 aromatic carbocycles. The van der Waals surface area contributed by atoms with E-state index in [1.165, 1.54) is 25.3 Å². The Morgan fingerprint density at radius 2 is 1.64 bits per heavy atom. The first-order chi connectivity index (χ1) is 29.6. The fourth-order valence-electron chi connectivity index (χ4n) is 8.85. The van der Waals surface area contributed by atoms with Gasteiger partial charge in [-0.05, 0) is 54.5 Å². The third-order valence-electron chi connectivity index (χ3n) is 12.0. The Morgan fingerprint density at radius 3 is 2.39 bits per heavy atom. The molecule has 15 heteroatoms. The number of aliphatic hydroxyl groups excluding tert-OH is 1. The maximum absolute atomic E-state index is 14.2. The number of hydrogen-bond donors (Lipinski definition) is 1. The van der Waals surface area contributed by atoms with Gasteiger partial charge < -0.3 is 43.7 Å². The predicted molar refractivity (Wildman–Crippen MR) is 231 cm³/mol. The largest absolute Gasteiger partial charge is 0.493 e. The fourth-order valence-corrected chi connectivity index (χ4v) is 9.11. The van der Waals surface area contributed by atoms with Crippen LogP contribution in [0.3, 0.4) is 0 Å². The molecule has 4 amide bonds. The Balaban J connectivity index is 1.03. The SMILES string of the molecule is C=CCOC(=O)N1c2cc(OCc3cccc(CC(=O)N4C[C@@H](CCl)c5c4cc(OC(=O)N4CCN(C)CC4)c4ccccc54)c3)c(OC)cc2C(=O)N2CCCC[C@H]2C1O. The molecule has 0 radical (unpaired) electrons. The number of ether oxygens (including phenoxy) is 4. The number of likely N-dealkylation sites (N-methyl/N-ethyl adjacent to an activating group) is 1. The molecule has 1 unspecified atom stereocenters. The number of alkyl halides is 1. The third-order valence-corrected chi connectivity index (χ3v) is 12.4. The van der Waals surface area contributed by atoms with Crippen LogP contribution in [-0.4, -0.2) is 122 Å². The average molecular weight is 852 g/mol. The van der Waals surface area contributed by atoms with E-state index < -0.39 is 24.5 Å². The second kappa shape index (κ2) is 18.0. The summed E-state index contributed by atoms with van der Waals surface area (Å²) < 4.78 is 23.4. The van der Waals surface area contributed by atoms with E-state index in [1.54, 1.807) is 20.8 Å². The summed E-state index contributed by atoms with van der Waals surface area (Å²) in [6, 6.07) is 19.5. The number of piperazine rings is 1. The van der Waals surface area contributed by atoms with Gasteiger partial charge in [-0.15, -0.1) is 11.6 Å². The first-order valence-electron chi connectivity index (χ1n) is 20.7. The van der Waals surface area contributed by atoms with Crippen molar-refractivity contribution in [1.29, 1.82) is 0 Å². The molecule has 8 rings (SSSR count). The smallest absolute Gasteiger partial charge is 0.416 e.